The lowest BCUT2D eigenvalue weighted by Crippen LogP contribution is -2.43. The van der Waals surface area contributed by atoms with E-state index >= 15 is 0 Å². The Balaban J connectivity index is 2.23. The fourth-order valence-corrected chi connectivity index (χ4v) is 5.61. The molecule has 0 aliphatic heterocycles. The van der Waals surface area contributed by atoms with Crippen LogP contribution in [0, 0.1) is 22.2 Å². The van der Waals surface area contributed by atoms with Crippen molar-refractivity contribution in [3.8, 4) is 0 Å². The van der Waals surface area contributed by atoms with Gasteiger partial charge in [-0.3, -0.25) is 9.59 Å². The summed E-state index contributed by atoms with van der Waals surface area (Å²) in [5.41, 5.74) is -2.10. The van der Waals surface area contributed by atoms with Gasteiger partial charge in [0.15, 0.2) is 0 Å². The number of hydrogen-bond donors (Lipinski definition) is 0. The van der Waals surface area contributed by atoms with Crippen LogP contribution in [0.4, 0.5) is 0 Å². The van der Waals surface area contributed by atoms with E-state index in [1.807, 2.05) is 13.8 Å². The van der Waals surface area contributed by atoms with Crippen molar-refractivity contribution in [3.63, 3.8) is 0 Å². The van der Waals surface area contributed by atoms with E-state index < -0.39 is 26.9 Å². The molecule has 2 unspecified atom stereocenters. The first-order chi connectivity index (χ1) is 9.88. The zero-order valence-electron chi connectivity index (χ0n) is 14.1. The molecule has 0 aromatic carbocycles. The van der Waals surface area contributed by atoms with E-state index in [9.17, 15) is 18.0 Å². The molecular weight excluding hydrogens is 304 g/mol. The first kappa shape index (κ1) is 17.4. The van der Waals surface area contributed by atoms with E-state index in [0.717, 1.165) is 6.42 Å². The van der Waals surface area contributed by atoms with Crippen LogP contribution in [0.15, 0.2) is 0 Å². The molecule has 5 nitrogen and oxygen atoms in total. The molecule has 0 spiro atoms. The summed E-state index contributed by atoms with van der Waals surface area (Å²) in [4.78, 5) is 24.4. The van der Waals surface area contributed by atoms with Crippen LogP contribution < -0.4 is 0 Å². The van der Waals surface area contributed by atoms with Crippen molar-refractivity contribution in [2.24, 2.45) is 22.2 Å². The zero-order valence-corrected chi connectivity index (χ0v) is 14.9. The third kappa shape index (κ3) is 2.49. The fraction of sp³-hybridized carbons (Fsp3) is 0.875. The summed E-state index contributed by atoms with van der Waals surface area (Å²) in [6.45, 7) is 9.03. The molecule has 0 aromatic heterocycles. The lowest BCUT2D eigenvalue weighted by molar-refractivity contribution is -0.143. The highest BCUT2D eigenvalue weighted by molar-refractivity contribution is 7.87. The number of carbonyl (C=O) groups excluding carboxylic acids is 2. The Bertz CT molecular complexity index is 602. The zero-order chi connectivity index (χ0) is 17.0. The van der Waals surface area contributed by atoms with E-state index in [1.54, 1.807) is 20.8 Å². The Labute approximate surface area is 132 Å². The van der Waals surface area contributed by atoms with Crippen LogP contribution in [-0.2, 0) is 23.9 Å². The second kappa shape index (κ2) is 5.05. The molecule has 0 N–H and O–H groups in total. The highest BCUT2D eigenvalue weighted by Crippen LogP contribution is 2.64. The van der Waals surface area contributed by atoms with Crippen LogP contribution in [0.25, 0.3) is 0 Å². The van der Waals surface area contributed by atoms with Gasteiger partial charge in [0.25, 0.3) is 0 Å². The standard InChI is InChI=1S/C16H26O5S/c1-6-14(2,3)13(18)21-22(19,20)10-16-8-7-11(9-12(16)17)15(16,4)5/h11H,6-10H2,1-5H3. The molecule has 2 saturated carbocycles. The third-order valence-electron chi connectivity index (χ3n) is 6.20. The first-order valence-corrected chi connectivity index (χ1v) is 9.45. The quantitative estimate of drug-likeness (QED) is 0.724. The van der Waals surface area contributed by atoms with Gasteiger partial charge in [-0.15, -0.1) is 0 Å². The number of carbonyl (C=O) groups is 2. The van der Waals surface area contributed by atoms with E-state index in [4.69, 9.17) is 4.18 Å². The van der Waals surface area contributed by atoms with Crippen molar-refractivity contribution in [1.82, 2.24) is 0 Å². The Morgan fingerprint density at radius 1 is 1.36 bits per heavy atom. The van der Waals surface area contributed by atoms with E-state index in [2.05, 4.69) is 0 Å². The van der Waals surface area contributed by atoms with Gasteiger partial charge in [-0.05, 0) is 44.4 Å². The Kier molecular flexibility index (Phi) is 4.00. The van der Waals surface area contributed by atoms with E-state index in [-0.39, 0.29) is 22.9 Å². The van der Waals surface area contributed by atoms with Gasteiger partial charge < -0.3 is 4.18 Å². The average molecular weight is 330 g/mol. The molecule has 0 amide bonds. The van der Waals surface area contributed by atoms with Crippen LogP contribution in [-0.4, -0.2) is 25.9 Å². The van der Waals surface area contributed by atoms with Gasteiger partial charge in [-0.1, -0.05) is 20.8 Å². The van der Waals surface area contributed by atoms with Crippen molar-refractivity contribution in [3.05, 3.63) is 0 Å². The smallest absolute Gasteiger partial charge is 0.327 e. The lowest BCUT2D eigenvalue weighted by atomic mass is 9.70. The number of hydrogen-bond acceptors (Lipinski definition) is 5. The van der Waals surface area contributed by atoms with Gasteiger partial charge in [-0.25, -0.2) is 0 Å². The van der Waals surface area contributed by atoms with Crippen molar-refractivity contribution in [2.75, 3.05) is 5.75 Å². The van der Waals surface area contributed by atoms with Gasteiger partial charge in [0.1, 0.15) is 5.78 Å². The highest BCUT2D eigenvalue weighted by atomic mass is 32.2. The summed E-state index contributed by atoms with van der Waals surface area (Å²) < 4.78 is 29.6. The second-order valence-electron chi connectivity index (χ2n) is 7.98. The summed E-state index contributed by atoms with van der Waals surface area (Å²) in [6, 6.07) is 0. The molecule has 2 rings (SSSR count). The molecule has 2 fully saturated rings. The monoisotopic (exact) mass is 330 g/mol. The third-order valence-corrected chi connectivity index (χ3v) is 7.45. The molecular formula is C16H26O5S. The van der Waals surface area contributed by atoms with Crippen molar-refractivity contribution >= 4 is 21.9 Å². The number of Topliss-reactive ketones (excluding diaryl/α,β-unsaturated/α-hetero) is 1. The van der Waals surface area contributed by atoms with Crippen LogP contribution in [0.1, 0.15) is 60.3 Å². The van der Waals surface area contributed by atoms with Crippen LogP contribution in [0.2, 0.25) is 0 Å². The van der Waals surface area contributed by atoms with Gasteiger partial charge in [0, 0.05) is 6.42 Å². The predicted octanol–water partition coefficient (Wildman–Crippen LogP) is 2.69. The molecule has 0 heterocycles. The summed E-state index contributed by atoms with van der Waals surface area (Å²) in [5, 5.41) is 0. The number of rotatable bonds is 5. The molecule has 2 bridgehead atoms. The van der Waals surface area contributed by atoms with Crippen LogP contribution >= 0.6 is 0 Å². The fourth-order valence-electron chi connectivity index (χ4n) is 3.81. The van der Waals surface area contributed by atoms with Gasteiger partial charge in [-0.2, -0.15) is 8.42 Å². The summed E-state index contributed by atoms with van der Waals surface area (Å²) in [6.07, 6.45) is 2.36. The molecule has 2 aliphatic carbocycles. The minimum atomic E-state index is -4.08. The number of ketones is 1. The molecule has 22 heavy (non-hydrogen) atoms. The van der Waals surface area contributed by atoms with Crippen molar-refractivity contribution in [2.45, 2.75) is 60.3 Å². The largest absolute Gasteiger partial charge is 0.345 e. The Morgan fingerprint density at radius 3 is 2.36 bits per heavy atom. The van der Waals surface area contributed by atoms with Crippen molar-refractivity contribution < 1.29 is 22.2 Å². The van der Waals surface area contributed by atoms with Gasteiger partial charge in [0.2, 0.25) is 0 Å². The topological polar surface area (TPSA) is 77.5 Å². The summed E-state index contributed by atoms with van der Waals surface area (Å²) in [7, 11) is -4.08. The Hall–Kier alpha value is -0.910. The molecule has 6 heteroatoms. The maximum absolute atomic E-state index is 12.4. The van der Waals surface area contributed by atoms with Gasteiger partial charge >= 0.3 is 16.1 Å². The molecule has 0 aromatic rings. The SMILES string of the molecule is CCC(C)(C)C(=O)OS(=O)(=O)CC12CCC(CC1=O)C2(C)C. The normalized spacial score (nSPS) is 30.6. The van der Waals surface area contributed by atoms with Crippen molar-refractivity contribution in [1.29, 1.82) is 0 Å². The lowest BCUT2D eigenvalue weighted by Gasteiger charge is -2.35. The predicted molar refractivity (Wildman–Crippen MR) is 82.5 cm³/mol. The summed E-state index contributed by atoms with van der Waals surface area (Å²) in [5.74, 6) is -0.890. The number of fused-ring (bicyclic) bond motifs is 2. The van der Waals surface area contributed by atoms with Gasteiger partial charge in [0.05, 0.1) is 16.6 Å². The van der Waals surface area contributed by atoms with E-state index in [1.165, 1.54) is 0 Å². The molecule has 0 saturated heterocycles. The van der Waals surface area contributed by atoms with E-state index in [0.29, 0.717) is 19.3 Å². The van der Waals surface area contributed by atoms with Crippen LogP contribution in [0.5, 0.6) is 0 Å². The maximum atomic E-state index is 12.4. The molecule has 2 atom stereocenters. The Morgan fingerprint density at radius 2 is 1.95 bits per heavy atom. The minimum Gasteiger partial charge on any atom is -0.345 e. The minimum absolute atomic E-state index is 0.00289. The maximum Gasteiger partial charge on any atom is 0.327 e. The summed E-state index contributed by atoms with van der Waals surface area (Å²) >= 11 is 0. The highest BCUT2D eigenvalue weighted by Gasteiger charge is 2.65. The van der Waals surface area contributed by atoms with Crippen LogP contribution in [0.3, 0.4) is 0 Å². The molecule has 0 radical (unpaired) electrons. The average Bonchev–Trinajstić information content (AvgIpc) is 2.71. The molecule has 2 aliphatic rings. The first-order valence-electron chi connectivity index (χ1n) is 7.88. The molecule has 126 valence electrons. The second-order valence-corrected chi connectivity index (χ2v) is 9.55.